The lowest BCUT2D eigenvalue weighted by Gasteiger charge is -2.29. The second-order valence-corrected chi connectivity index (χ2v) is 9.97. The SMILES string of the molecule is C[C@@H](NC(=O)C1CCC(NS(=O)(=O)c2ccc(-n3cccn3)nc2)CC1)c1ccc(F)cc1. The minimum Gasteiger partial charge on any atom is -0.349 e. The maximum absolute atomic E-state index is 13.1. The third kappa shape index (κ3) is 5.63. The summed E-state index contributed by atoms with van der Waals surface area (Å²) >= 11 is 0. The second-order valence-electron chi connectivity index (χ2n) is 8.25. The van der Waals surface area contributed by atoms with E-state index in [0.29, 0.717) is 31.5 Å². The highest BCUT2D eigenvalue weighted by atomic mass is 32.2. The number of sulfonamides is 1. The Morgan fingerprint density at radius 3 is 2.45 bits per heavy atom. The normalized spacial score (nSPS) is 19.7. The number of hydrogen-bond acceptors (Lipinski definition) is 5. The zero-order valence-corrected chi connectivity index (χ0v) is 19.0. The minimum absolute atomic E-state index is 0.0634. The van der Waals surface area contributed by atoms with Gasteiger partial charge < -0.3 is 5.32 Å². The van der Waals surface area contributed by atoms with E-state index in [9.17, 15) is 17.6 Å². The van der Waals surface area contributed by atoms with Gasteiger partial charge in [0.1, 0.15) is 10.7 Å². The molecule has 10 heteroatoms. The summed E-state index contributed by atoms with van der Waals surface area (Å²) in [5, 5.41) is 7.05. The Morgan fingerprint density at radius 1 is 1.12 bits per heavy atom. The van der Waals surface area contributed by atoms with Crippen LogP contribution in [-0.2, 0) is 14.8 Å². The summed E-state index contributed by atoms with van der Waals surface area (Å²) in [5.74, 6) is -0.0294. The molecule has 2 N–H and O–H groups in total. The molecule has 2 heterocycles. The van der Waals surface area contributed by atoms with E-state index in [1.165, 1.54) is 24.4 Å². The van der Waals surface area contributed by atoms with Gasteiger partial charge in [0.05, 0.1) is 6.04 Å². The van der Waals surface area contributed by atoms with Crippen molar-refractivity contribution in [3.8, 4) is 5.82 Å². The third-order valence-corrected chi connectivity index (χ3v) is 7.42. The van der Waals surface area contributed by atoms with Crippen LogP contribution in [0.2, 0.25) is 0 Å². The van der Waals surface area contributed by atoms with E-state index in [-0.39, 0.29) is 34.6 Å². The van der Waals surface area contributed by atoms with Crippen molar-refractivity contribution in [3.63, 3.8) is 0 Å². The van der Waals surface area contributed by atoms with Gasteiger partial charge in [0.15, 0.2) is 5.82 Å². The van der Waals surface area contributed by atoms with Crippen LogP contribution in [0.15, 0.2) is 66.0 Å². The molecular weight excluding hydrogens is 445 g/mol. The van der Waals surface area contributed by atoms with Crippen molar-refractivity contribution in [1.29, 1.82) is 0 Å². The molecule has 2 aromatic heterocycles. The molecule has 4 rings (SSSR count). The Kier molecular flexibility index (Phi) is 6.85. The number of nitrogens with one attached hydrogen (secondary N) is 2. The van der Waals surface area contributed by atoms with Crippen LogP contribution in [0.3, 0.4) is 0 Å². The molecule has 0 saturated heterocycles. The van der Waals surface area contributed by atoms with Gasteiger partial charge in [0, 0.05) is 30.6 Å². The van der Waals surface area contributed by atoms with Gasteiger partial charge >= 0.3 is 0 Å². The number of halogens is 1. The molecule has 33 heavy (non-hydrogen) atoms. The van der Waals surface area contributed by atoms with Crippen molar-refractivity contribution in [3.05, 3.63) is 72.4 Å². The van der Waals surface area contributed by atoms with Crippen molar-refractivity contribution in [2.75, 3.05) is 0 Å². The zero-order chi connectivity index (χ0) is 23.4. The Bertz CT molecular complexity index is 1170. The summed E-state index contributed by atoms with van der Waals surface area (Å²) in [6, 6.07) is 10.4. The molecule has 1 fully saturated rings. The van der Waals surface area contributed by atoms with Crippen LogP contribution in [0.25, 0.3) is 5.82 Å². The van der Waals surface area contributed by atoms with Gasteiger partial charge in [-0.2, -0.15) is 5.10 Å². The molecule has 1 aliphatic carbocycles. The summed E-state index contributed by atoms with van der Waals surface area (Å²) in [5.41, 5.74) is 0.832. The Labute approximate surface area is 192 Å². The van der Waals surface area contributed by atoms with E-state index in [1.54, 1.807) is 41.3 Å². The predicted molar refractivity (Wildman–Crippen MR) is 120 cm³/mol. The van der Waals surface area contributed by atoms with Crippen LogP contribution in [0.4, 0.5) is 4.39 Å². The van der Waals surface area contributed by atoms with Gasteiger partial charge in [-0.1, -0.05) is 12.1 Å². The maximum Gasteiger partial charge on any atom is 0.242 e. The topological polar surface area (TPSA) is 106 Å². The molecule has 0 unspecified atom stereocenters. The van der Waals surface area contributed by atoms with Crippen molar-refractivity contribution in [2.24, 2.45) is 5.92 Å². The largest absolute Gasteiger partial charge is 0.349 e. The van der Waals surface area contributed by atoms with Crippen LogP contribution >= 0.6 is 0 Å². The lowest BCUT2D eigenvalue weighted by molar-refractivity contribution is -0.126. The Morgan fingerprint density at radius 2 is 1.85 bits per heavy atom. The number of benzene rings is 1. The first-order chi connectivity index (χ1) is 15.8. The number of carbonyl (C=O) groups is 1. The first-order valence-corrected chi connectivity index (χ1v) is 12.3. The van der Waals surface area contributed by atoms with E-state index in [0.717, 1.165) is 5.56 Å². The first kappa shape index (κ1) is 23.1. The summed E-state index contributed by atoms with van der Waals surface area (Å²) in [6.07, 6.45) is 6.98. The number of pyridine rings is 1. The highest BCUT2D eigenvalue weighted by molar-refractivity contribution is 7.89. The van der Waals surface area contributed by atoms with Crippen LogP contribution in [-0.4, -0.2) is 35.1 Å². The van der Waals surface area contributed by atoms with Gasteiger partial charge in [-0.3, -0.25) is 4.79 Å². The fourth-order valence-corrected chi connectivity index (χ4v) is 5.25. The van der Waals surface area contributed by atoms with Crippen LogP contribution in [0.1, 0.15) is 44.2 Å². The number of aromatic nitrogens is 3. The van der Waals surface area contributed by atoms with Crippen molar-refractivity contribution >= 4 is 15.9 Å². The molecule has 0 radical (unpaired) electrons. The first-order valence-electron chi connectivity index (χ1n) is 10.9. The van der Waals surface area contributed by atoms with Crippen LogP contribution in [0.5, 0.6) is 0 Å². The highest BCUT2D eigenvalue weighted by Gasteiger charge is 2.30. The van der Waals surface area contributed by atoms with E-state index < -0.39 is 10.0 Å². The van der Waals surface area contributed by atoms with Crippen molar-refractivity contribution in [1.82, 2.24) is 24.8 Å². The van der Waals surface area contributed by atoms with Crippen molar-refractivity contribution < 1.29 is 17.6 Å². The molecule has 3 aromatic rings. The van der Waals surface area contributed by atoms with Crippen LogP contribution in [0, 0.1) is 11.7 Å². The number of nitrogens with zero attached hydrogens (tertiary/aromatic N) is 3. The smallest absolute Gasteiger partial charge is 0.242 e. The molecule has 1 atom stereocenters. The molecule has 1 aliphatic rings. The lowest BCUT2D eigenvalue weighted by Crippen LogP contribution is -2.41. The zero-order valence-electron chi connectivity index (χ0n) is 18.2. The average Bonchev–Trinajstić information content (AvgIpc) is 3.35. The van der Waals surface area contributed by atoms with Crippen molar-refractivity contribution in [2.45, 2.75) is 49.6 Å². The maximum atomic E-state index is 13.1. The standard InChI is InChI=1S/C23H26FN5O3S/c1-16(17-3-7-19(24)8-4-17)27-23(30)18-5-9-20(10-6-18)28-33(31,32)21-11-12-22(25-15-21)29-14-2-13-26-29/h2-4,7-8,11-16,18,20,28H,5-6,9-10H2,1H3,(H,27,30)/t16-,18?,20?/m1/s1. The van der Waals surface area contributed by atoms with Gasteiger partial charge in [-0.05, 0) is 68.5 Å². The molecule has 8 nitrogen and oxygen atoms in total. The quantitative estimate of drug-likeness (QED) is 0.551. The number of hydrogen-bond donors (Lipinski definition) is 2. The van der Waals surface area contributed by atoms with Gasteiger partial charge in [-0.25, -0.2) is 27.2 Å². The molecule has 0 bridgehead atoms. The second kappa shape index (κ2) is 9.80. The van der Waals surface area contributed by atoms with E-state index in [1.807, 2.05) is 6.92 Å². The summed E-state index contributed by atoms with van der Waals surface area (Å²) < 4.78 is 42.9. The molecule has 1 amide bonds. The number of carbonyl (C=O) groups excluding carboxylic acids is 1. The van der Waals surface area contributed by atoms with Gasteiger partial charge in [-0.15, -0.1) is 0 Å². The Balaban J connectivity index is 1.29. The lowest BCUT2D eigenvalue weighted by atomic mass is 9.85. The predicted octanol–water partition coefficient (Wildman–Crippen LogP) is 3.12. The highest BCUT2D eigenvalue weighted by Crippen LogP contribution is 2.27. The summed E-state index contributed by atoms with van der Waals surface area (Å²) in [7, 11) is -3.72. The fraction of sp³-hybridized carbons (Fsp3) is 0.348. The third-order valence-electron chi connectivity index (χ3n) is 5.92. The fourth-order valence-electron chi connectivity index (χ4n) is 4.00. The number of amides is 1. The summed E-state index contributed by atoms with van der Waals surface area (Å²) in [4.78, 5) is 16.9. The molecule has 0 spiro atoms. The molecule has 174 valence electrons. The molecular formula is C23H26FN5O3S. The summed E-state index contributed by atoms with van der Waals surface area (Å²) in [6.45, 7) is 1.86. The number of rotatable bonds is 7. The molecule has 0 aliphatic heterocycles. The van der Waals surface area contributed by atoms with E-state index >= 15 is 0 Å². The van der Waals surface area contributed by atoms with Crippen LogP contribution < -0.4 is 10.0 Å². The van der Waals surface area contributed by atoms with E-state index in [2.05, 4.69) is 20.1 Å². The minimum atomic E-state index is -3.72. The van der Waals surface area contributed by atoms with Gasteiger partial charge in [0.2, 0.25) is 15.9 Å². The molecule has 1 saturated carbocycles. The monoisotopic (exact) mass is 471 g/mol. The Hall–Kier alpha value is -3.11. The molecule has 1 aromatic carbocycles. The average molecular weight is 472 g/mol. The van der Waals surface area contributed by atoms with Gasteiger partial charge in [0.25, 0.3) is 0 Å². The van der Waals surface area contributed by atoms with E-state index in [4.69, 9.17) is 0 Å².